The van der Waals surface area contributed by atoms with E-state index in [9.17, 15) is 0 Å². The first-order valence-corrected chi connectivity index (χ1v) is 10.0. The molecule has 0 heterocycles. The van der Waals surface area contributed by atoms with Crippen molar-refractivity contribution in [3.63, 3.8) is 0 Å². The Balaban J connectivity index is 1.71. The molecule has 3 nitrogen and oxygen atoms in total. The van der Waals surface area contributed by atoms with Gasteiger partial charge in [-0.2, -0.15) is 0 Å². The first-order valence-electron chi connectivity index (χ1n) is 8.59. The predicted molar refractivity (Wildman–Crippen MR) is 120 cm³/mol. The maximum atomic E-state index is 6.04. The number of nitrogens with one attached hydrogen (secondary N) is 1. The Morgan fingerprint density at radius 2 is 1.78 bits per heavy atom. The zero-order valence-electron chi connectivity index (χ0n) is 15.3. The van der Waals surface area contributed by atoms with Gasteiger partial charge in [-0.1, -0.05) is 41.4 Å². The number of ether oxygens (including phenoxy) is 2. The minimum Gasteiger partial charge on any atom is -0.493 e. The molecule has 5 heteroatoms. The molecule has 3 aromatic rings. The van der Waals surface area contributed by atoms with Gasteiger partial charge < -0.3 is 14.8 Å². The molecule has 0 spiro atoms. The minimum atomic E-state index is 0.438. The number of hydrogen-bond acceptors (Lipinski definition) is 3. The van der Waals surface area contributed by atoms with E-state index in [0.717, 1.165) is 31.9 Å². The molecule has 27 heavy (non-hydrogen) atoms. The number of rotatable bonds is 7. The molecule has 0 bridgehead atoms. The van der Waals surface area contributed by atoms with E-state index in [1.807, 2.05) is 30.3 Å². The predicted octanol–water partition coefficient (Wildman–Crippen LogP) is 6.45. The Hall–Kier alpha value is -1.92. The summed E-state index contributed by atoms with van der Waals surface area (Å²) in [6.45, 7) is 3.23. The summed E-state index contributed by atoms with van der Waals surface area (Å²) in [6, 6.07) is 20.1. The lowest BCUT2D eigenvalue weighted by Gasteiger charge is -2.15. The van der Waals surface area contributed by atoms with Gasteiger partial charge in [-0.3, -0.25) is 0 Å². The Bertz CT molecular complexity index is 913. The molecule has 0 atom stereocenters. The fourth-order valence-electron chi connectivity index (χ4n) is 2.67. The molecule has 0 unspecified atom stereocenters. The third kappa shape index (κ3) is 5.53. The van der Waals surface area contributed by atoms with Crippen molar-refractivity contribution in [2.24, 2.45) is 0 Å². The number of halogens is 2. The Kier molecular flexibility index (Phi) is 6.85. The monoisotopic (exact) mass is 493 g/mol. The van der Waals surface area contributed by atoms with Crippen molar-refractivity contribution in [2.75, 3.05) is 12.4 Å². The van der Waals surface area contributed by atoms with E-state index in [0.29, 0.717) is 18.2 Å². The molecule has 0 fully saturated rings. The molecule has 0 aliphatic carbocycles. The number of anilines is 1. The van der Waals surface area contributed by atoms with E-state index in [1.165, 1.54) is 5.56 Å². The second-order valence-electron chi connectivity index (χ2n) is 6.25. The molecular weight excluding hydrogens is 473 g/mol. The van der Waals surface area contributed by atoms with Gasteiger partial charge in [-0.25, -0.2) is 0 Å². The summed E-state index contributed by atoms with van der Waals surface area (Å²) in [5.41, 5.74) is 4.49. The molecule has 140 valence electrons. The standard InChI is InChI=1S/C22H21ClINO2/c1-15-6-8-19(9-7-15)25-13-17-11-20(24)22(21(12-17)26-2)27-14-16-4-3-5-18(23)10-16/h3-12,25H,13-14H2,1-2H3. The molecular formula is C22H21ClINO2. The zero-order chi connectivity index (χ0) is 19.2. The highest BCUT2D eigenvalue weighted by Crippen LogP contribution is 2.35. The first-order chi connectivity index (χ1) is 13.0. The number of hydrogen-bond donors (Lipinski definition) is 1. The minimum absolute atomic E-state index is 0.438. The molecule has 0 radical (unpaired) electrons. The Morgan fingerprint density at radius 1 is 1.00 bits per heavy atom. The topological polar surface area (TPSA) is 30.5 Å². The summed E-state index contributed by atoms with van der Waals surface area (Å²) in [5.74, 6) is 1.47. The highest BCUT2D eigenvalue weighted by atomic mass is 127. The van der Waals surface area contributed by atoms with Crippen LogP contribution in [0.4, 0.5) is 5.69 Å². The molecule has 0 aliphatic rings. The molecule has 0 saturated heterocycles. The van der Waals surface area contributed by atoms with Crippen LogP contribution in [0.2, 0.25) is 5.02 Å². The summed E-state index contributed by atoms with van der Waals surface area (Å²) < 4.78 is 12.6. The number of aryl methyl sites for hydroxylation is 1. The number of benzene rings is 3. The van der Waals surface area contributed by atoms with Crippen LogP contribution in [0.15, 0.2) is 60.7 Å². The quantitative estimate of drug-likeness (QED) is 0.384. The molecule has 3 rings (SSSR count). The van der Waals surface area contributed by atoms with Gasteiger partial charge in [-0.15, -0.1) is 0 Å². The van der Waals surface area contributed by atoms with Crippen LogP contribution in [0.25, 0.3) is 0 Å². The van der Waals surface area contributed by atoms with Gasteiger partial charge in [0.05, 0.1) is 10.7 Å². The Morgan fingerprint density at radius 3 is 2.48 bits per heavy atom. The van der Waals surface area contributed by atoms with Crippen LogP contribution in [-0.4, -0.2) is 7.11 Å². The van der Waals surface area contributed by atoms with Gasteiger partial charge in [0.25, 0.3) is 0 Å². The van der Waals surface area contributed by atoms with Crippen LogP contribution in [0.1, 0.15) is 16.7 Å². The summed E-state index contributed by atoms with van der Waals surface area (Å²) in [4.78, 5) is 0. The van der Waals surface area contributed by atoms with Gasteiger partial charge in [0.15, 0.2) is 11.5 Å². The van der Waals surface area contributed by atoms with Gasteiger partial charge >= 0.3 is 0 Å². The lowest BCUT2D eigenvalue weighted by atomic mass is 10.2. The highest BCUT2D eigenvalue weighted by Gasteiger charge is 2.12. The lowest BCUT2D eigenvalue weighted by Crippen LogP contribution is -2.03. The van der Waals surface area contributed by atoms with Crippen molar-refractivity contribution in [1.82, 2.24) is 0 Å². The summed E-state index contributed by atoms with van der Waals surface area (Å²) >= 11 is 8.33. The molecule has 0 aliphatic heterocycles. The largest absolute Gasteiger partial charge is 0.493 e. The van der Waals surface area contributed by atoms with E-state index >= 15 is 0 Å². The molecule has 0 aromatic heterocycles. The van der Waals surface area contributed by atoms with Crippen LogP contribution in [0.5, 0.6) is 11.5 Å². The molecule has 0 amide bonds. The van der Waals surface area contributed by atoms with Crippen molar-refractivity contribution in [3.8, 4) is 11.5 Å². The van der Waals surface area contributed by atoms with Crippen LogP contribution in [-0.2, 0) is 13.2 Å². The SMILES string of the molecule is COc1cc(CNc2ccc(C)cc2)cc(I)c1OCc1cccc(Cl)c1. The third-order valence-corrected chi connectivity index (χ3v) is 5.15. The van der Waals surface area contributed by atoms with Crippen molar-refractivity contribution in [1.29, 1.82) is 0 Å². The molecule has 3 aromatic carbocycles. The van der Waals surface area contributed by atoms with E-state index < -0.39 is 0 Å². The fourth-order valence-corrected chi connectivity index (χ4v) is 3.71. The lowest BCUT2D eigenvalue weighted by molar-refractivity contribution is 0.282. The maximum Gasteiger partial charge on any atom is 0.174 e. The van der Waals surface area contributed by atoms with E-state index in [4.69, 9.17) is 21.1 Å². The van der Waals surface area contributed by atoms with Gasteiger partial charge in [0.1, 0.15) is 6.61 Å². The van der Waals surface area contributed by atoms with Crippen molar-refractivity contribution in [3.05, 3.63) is 85.9 Å². The van der Waals surface area contributed by atoms with Gasteiger partial charge in [0, 0.05) is 17.3 Å². The zero-order valence-corrected chi connectivity index (χ0v) is 18.2. The number of methoxy groups -OCH3 is 1. The average molecular weight is 494 g/mol. The van der Waals surface area contributed by atoms with Gasteiger partial charge in [-0.05, 0) is 77.0 Å². The van der Waals surface area contributed by atoms with Crippen molar-refractivity contribution < 1.29 is 9.47 Å². The van der Waals surface area contributed by atoms with Crippen molar-refractivity contribution >= 4 is 39.9 Å². The fraction of sp³-hybridized carbons (Fsp3) is 0.182. The van der Waals surface area contributed by atoms with Crippen LogP contribution in [0, 0.1) is 10.5 Å². The smallest absolute Gasteiger partial charge is 0.174 e. The second-order valence-corrected chi connectivity index (χ2v) is 7.85. The van der Waals surface area contributed by atoms with Gasteiger partial charge in [0.2, 0.25) is 0 Å². The maximum absolute atomic E-state index is 6.04. The molecule has 1 N–H and O–H groups in total. The van der Waals surface area contributed by atoms with E-state index in [-0.39, 0.29) is 0 Å². The molecule has 0 saturated carbocycles. The average Bonchev–Trinajstić information content (AvgIpc) is 2.66. The first kappa shape index (κ1) is 19.8. The summed E-state index contributed by atoms with van der Waals surface area (Å²) in [7, 11) is 1.66. The normalized spacial score (nSPS) is 10.5. The summed E-state index contributed by atoms with van der Waals surface area (Å²) in [6.07, 6.45) is 0. The Labute approximate surface area is 178 Å². The third-order valence-electron chi connectivity index (χ3n) is 4.11. The van der Waals surface area contributed by atoms with E-state index in [1.54, 1.807) is 7.11 Å². The van der Waals surface area contributed by atoms with Crippen LogP contribution < -0.4 is 14.8 Å². The van der Waals surface area contributed by atoms with E-state index in [2.05, 4.69) is 65.2 Å². The van der Waals surface area contributed by atoms with Crippen LogP contribution in [0.3, 0.4) is 0 Å². The van der Waals surface area contributed by atoms with Crippen molar-refractivity contribution in [2.45, 2.75) is 20.1 Å². The second kappa shape index (κ2) is 9.33. The van der Waals surface area contributed by atoms with Crippen LogP contribution >= 0.6 is 34.2 Å². The summed E-state index contributed by atoms with van der Waals surface area (Å²) in [5, 5.41) is 4.14. The highest BCUT2D eigenvalue weighted by molar-refractivity contribution is 14.1.